The van der Waals surface area contributed by atoms with Crippen LogP contribution in [0.1, 0.15) is 37.7 Å². The molecule has 0 aromatic carbocycles. The molecule has 2 aromatic rings. The molecule has 180 valence electrons. The topological polar surface area (TPSA) is 181 Å². The molecule has 2 aromatic heterocycles. The first-order valence-electron chi connectivity index (χ1n) is 11.2. The highest BCUT2D eigenvalue weighted by Gasteiger charge is 2.48. The van der Waals surface area contributed by atoms with E-state index in [0.29, 0.717) is 0 Å². The first kappa shape index (κ1) is 22.3. The highest BCUT2D eigenvalue weighted by Crippen LogP contribution is 2.33. The molecule has 1 aliphatic heterocycles. The van der Waals surface area contributed by atoms with E-state index < -0.39 is 30.4 Å². The Morgan fingerprint density at radius 3 is 2.71 bits per heavy atom. The molecule has 13 nitrogen and oxygen atoms in total. The highest BCUT2D eigenvalue weighted by molar-refractivity contribution is 5.83. The lowest BCUT2D eigenvalue weighted by atomic mass is 10.1. The molecule has 0 spiro atoms. The summed E-state index contributed by atoms with van der Waals surface area (Å²) in [6, 6.07) is 0.0695. The van der Waals surface area contributed by atoms with E-state index in [-0.39, 0.29) is 47.5 Å². The van der Waals surface area contributed by atoms with Gasteiger partial charge in [0, 0.05) is 19.1 Å². The fourth-order valence-corrected chi connectivity index (χ4v) is 3.90. The Kier molecular flexibility index (Phi) is 5.72. The summed E-state index contributed by atoms with van der Waals surface area (Å²) in [4.78, 5) is 38.8. The van der Waals surface area contributed by atoms with E-state index in [4.69, 9.17) is 10.5 Å². The van der Waals surface area contributed by atoms with E-state index in [1.807, 2.05) is 0 Å². The molecule has 4 atom stereocenters. The monoisotopic (exact) mass is 470 g/mol. The maximum Gasteiger partial charge on any atom is 0.318 e. The number of amides is 3. The van der Waals surface area contributed by atoms with Gasteiger partial charge in [-0.2, -0.15) is 0 Å². The Balaban J connectivity index is 1.38. The Bertz CT molecular complexity index is 1180. The zero-order valence-electron chi connectivity index (χ0n) is 18.5. The van der Waals surface area contributed by atoms with Crippen LogP contribution in [0.25, 0.3) is 11.2 Å². The summed E-state index contributed by atoms with van der Waals surface area (Å²) >= 11 is 0. The van der Waals surface area contributed by atoms with Gasteiger partial charge in [-0.3, -0.25) is 9.36 Å². The number of nitrogen functional groups attached to an aromatic ring is 1. The number of rotatable bonds is 5. The number of nitrogens with zero attached hydrogens (tertiary/aromatic N) is 5. The number of aromatic nitrogens is 4. The maximum absolute atomic E-state index is 12.4. The second kappa shape index (κ2) is 8.71. The van der Waals surface area contributed by atoms with Gasteiger partial charge in [0.25, 0.3) is 5.91 Å². The molecule has 2 saturated carbocycles. The summed E-state index contributed by atoms with van der Waals surface area (Å²) in [5, 5.41) is 26.4. The van der Waals surface area contributed by atoms with Gasteiger partial charge >= 0.3 is 6.03 Å². The largest absolute Gasteiger partial charge is 0.387 e. The van der Waals surface area contributed by atoms with E-state index in [1.54, 1.807) is 11.9 Å². The van der Waals surface area contributed by atoms with Crippen molar-refractivity contribution in [1.29, 1.82) is 0 Å². The molecule has 5 rings (SSSR count). The molecule has 34 heavy (non-hydrogen) atoms. The van der Waals surface area contributed by atoms with Gasteiger partial charge in [-0.1, -0.05) is 5.92 Å². The number of nitrogens with one attached hydrogen (secondary N) is 2. The second-order valence-corrected chi connectivity index (χ2v) is 8.68. The van der Waals surface area contributed by atoms with Crippen molar-refractivity contribution in [2.24, 2.45) is 0 Å². The number of nitrogens with two attached hydrogens (primary N) is 1. The molecule has 3 heterocycles. The minimum atomic E-state index is -1.42. The van der Waals surface area contributed by atoms with Crippen molar-refractivity contribution >= 4 is 28.9 Å². The molecule has 2 aliphatic carbocycles. The average Bonchev–Trinajstić information content (AvgIpc) is 3.74. The van der Waals surface area contributed by atoms with Crippen molar-refractivity contribution in [3.63, 3.8) is 0 Å². The first-order chi connectivity index (χ1) is 16.4. The van der Waals surface area contributed by atoms with E-state index in [1.165, 1.54) is 10.9 Å². The molecule has 3 fully saturated rings. The average molecular weight is 470 g/mol. The number of fused-ring (bicyclic) bond motifs is 1. The Hall–Kier alpha value is -3.47. The highest BCUT2D eigenvalue weighted by atomic mass is 16.6. The Morgan fingerprint density at radius 1 is 1.26 bits per heavy atom. The van der Waals surface area contributed by atoms with Crippen LogP contribution in [0.4, 0.5) is 10.6 Å². The standard InChI is InChI=1S/C21H26N8O5/c1-23-21(33)28(11-6-7-11)8-2-3-12-26-17(22)13-18(27-12)29(9-24-13)20-15(31)14(30)16(34-20)19(32)25-10-4-5-10/h9-11,14-16,20,30-31H,4-8H2,1H3,(H,23,33)(H,25,32)(H2,22,26,27). The van der Waals surface area contributed by atoms with Crippen molar-refractivity contribution in [1.82, 2.24) is 35.1 Å². The van der Waals surface area contributed by atoms with Gasteiger partial charge in [-0.25, -0.2) is 19.7 Å². The third-order valence-corrected chi connectivity index (χ3v) is 6.05. The normalized spacial score (nSPS) is 26.1. The number of hydrogen-bond acceptors (Lipinski definition) is 9. The molecule has 4 unspecified atom stereocenters. The van der Waals surface area contributed by atoms with Gasteiger partial charge in [0.2, 0.25) is 5.82 Å². The molecule has 3 aliphatic rings. The van der Waals surface area contributed by atoms with Crippen molar-refractivity contribution in [2.75, 3.05) is 19.3 Å². The first-order valence-corrected chi connectivity index (χ1v) is 11.2. The predicted molar refractivity (Wildman–Crippen MR) is 118 cm³/mol. The van der Waals surface area contributed by atoms with Gasteiger partial charge in [-0.05, 0) is 31.6 Å². The molecule has 0 bridgehead atoms. The van der Waals surface area contributed by atoms with Crippen LogP contribution in [0.2, 0.25) is 0 Å². The van der Waals surface area contributed by atoms with Gasteiger partial charge < -0.3 is 36.2 Å². The summed E-state index contributed by atoms with van der Waals surface area (Å²) in [6.45, 7) is 0.208. The van der Waals surface area contributed by atoms with E-state index in [0.717, 1.165) is 25.7 Å². The van der Waals surface area contributed by atoms with Crippen LogP contribution >= 0.6 is 0 Å². The predicted octanol–water partition coefficient (Wildman–Crippen LogP) is -1.54. The molecule has 1 saturated heterocycles. The van der Waals surface area contributed by atoms with Crippen LogP contribution < -0.4 is 16.4 Å². The number of anilines is 1. The molecular weight excluding hydrogens is 444 g/mol. The molecule has 13 heteroatoms. The van der Waals surface area contributed by atoms with Crippen LogP contribution in [-0.2, 0) is 9.53 Å². The molecule has 0 radical (unpaired) electrons. The van der Waals surface area contributed by atoms with Crippen molar-refractivity contribution in [3.8, 4) is 11.8 Å². The number of hydrogen-bond donors (Lipinski definition) is 5. The minimum absolute atomic E-state index is 0.0782. The third-order valence-electron chi connectivity index (χ3n) is 6.05. The number of aliphatic hydroxyl groups is 2. The van der Waals surface area contributed by atoms with E-state index in [9.17, 15) is 19.8 Å². The van der Waals surface area contributed by atoms with Crippen molar-refractivity contribution in [2.45, 2.75) is 62.3 Å². The number of urea groups is 1. The van der Waals surface area contributed by atoms with Crippen LogP contribution in [0, 0.1) is 11.8 Å². The maximum atomic E-state index is 12.4. The lowest BCUT2D eigenvalue weighted by Crippen LogP contribution is -2.43. The van der Waals surface area contributed by atoms with E-state index >= 15 is 0 Å². The Morgan fingerprint density at radius 2 is 2.03 bits per heavy atom. The SMILES string of the molecule is CNC(=O)N(CC#Cc1nc(N)c2ncn(C3OC(C(=O)NC4CC4)C(O)C3O)c2n1)C1CC1. The smallest absolute Gasteiger partial charge is 0.318 e. The molecular formula is C21H26N8O5. The second-order valence-electron chi connectivity index (χ2n) is 8.68. The Labute approximate surface area is 194 Å². The summed E-state index contributed by atoms with van der Waals surface area (Å²) in [5.41, 5.74) is 6.55. The summed E-state index contributed by atoms with van der Waals surface area (Å²) < 4.78 is 7.12. The van der Waals surface area contributed by atoms with Crippen LogP contribution in [0.15, 0.2) is 6.33 Å². The lowest BCUT2D eigenvalue weighted by molar-refractivity contribution is -0.137. The number of imidazole rings is 1. The van der Waals surface area contributed by atoms with Crippen molar-refractivity contribution in [3.05, 3.63) is 12.2 Å². The van der Waals surface area contributed by atoms with Gasteiger partial charge in [0.1, 0.15) is 17.7 Å². The van der Waals surface area contributed by atoms with Gasteiger partial charge in [-0.15, -0.1) is 0 Å². The number of carbonyl (C=O) groups is 2. The van der Waals surface area contributed by atoms with Crippen molar-refractivity contribution < 1.29 is 24.5 Å². The van der Waals surface area contributed by atoms with Gasteiger partial charge in [0.15, 0.2) is 23.8 Å². The third kappa shape index (κ3) is 4.23. The van der Waals surface area contributed by atoms with E-state index in [2.05, 4.69) is 37.4 Å². The lowest BCUT2D eigenvalue weighted by Gasteiger charge is -2.18. The van der Waals surface area contributed by atoms with Gasteiger partial charge in [0.05, 0.1) is 12.9 Å². The number of aliphatic hydroxyl groups excluding tert-OH is 2. The van der Waals surface area contributed by atoms with Crippen LogP contribution in [0.3, 0.4) is 0 Å². The molecule has 3 amide bonds. The fourth-order valence-electron chi connectivity index (χ4n) is 3.90. The van der Waals surface area contributed by atoms with Crippen LogP contribution in [-0.4, -0.2) is 90.6 Å². The number of carbonyl (C=O) groups excluding carboxylic acids is 2. The number of ether oxygens (including phenoxy) is 1. The fraction of sp³-hybridized carbons (Fsp3) is 0.571. The van der Waals surface area contributed by atoms with Crippen LogP contribution in [0.5, 0.6) is 0 Å². The quantitative estimate of drug-likeness (QED) is 0.324. The summed E-state index contributed by atoms with van der Waals surface area (Å²) in [7, 11) is 1.57. The molecule has 6 N–H and O–H groups in total. The minimum Gasteiger partial charge on any atom is -0.387 e. The zero-order chi connectivity index (χ0) is 24.0. The zero-order valence-corrected chi connectivity index (χ0v) is 18.5. The summed E-state index contributed by atoms with van der Waals surface area (Å²) in [6.07, 6.45) is -0.135. The summed E-state index contributed by atoms with van der Waals surface area (Å²) in [5.74, 6) is 5.44.